The molecule has 3 aromatic heterocycles. The fourth-order valence-corrected chi connectivity index (χ4v) is 3.11. The highest BCUT2D eigenvalue weighted by molar-refractivity contribution is 7.16. The first-order valence-electron chi connectivity index (χ1n) is 6.72. The standard InChI is InChI=1S/C15H14ClN3O2S/c1-10(13-4-5-14(16)22-13)18-15(20)12-3-2-11(21-12)8-19-7-6-17-9-19/h2-7,9-10H,8H2,1H3,(H,18,20)/t10-/m0/s1. The molecule has 0 bridgehead atoms. The Morgan fingerprint density at radius 1 is 1.45 bits per heavy atom. The van der Waals surface area contributed by atoms with Crippen molar-refractivity contribution in [3.05, 3.63) is 63.7 Å². The van der Waals surface area contributed by atoms with Gasteiger partial charge in [-0.2, -0.15) is 0 Å². The number of nitrogens with zero attached hydrogens (tertiary/aromatic N) is 2. The van der Waals surface area contributed by atoms with E-state index in [1.807, 2.05) is 29.8 Å². The van der Waals surface area contributed by atoms with E-state index in [4.69, 9.17) is 16.0 Å². The molecule has 0 spiro atoms. The molecule has 22 heavy (non-hydrogen) atoms. The van der Waals surface area contributed by atoms with Crippen LogP contribution in [0.1, 0.15) is 34.2 Å². The van der Waals surface area contributed by atoms with Crippen LogP contribution in [0.5, 0.6) is 0 Å². The number of amides is 1. The summed E-state index contributed by atoms with van der Waals surface area (Å²) >= 11 is 7.36. The van der Waals surface area contributed by atoms with Crippen molar-refractivity contribution in [2.75, 3.05) is 0 Å². The molecule has 114 valence electrons. The number of carbonyl (C=O) groups excluding carboxylic acids is 1. The Morgan fingerprint density at radius 3 is 3.00 bits per heavy atom. The average molecular weight is 336 g/mol. The summed E-state index contributed by atoms with van der Waals surface area (Å²) in [4.78, 5) is 17.2. The van der Waals surface area contributed by atoms with Crippen molar-refractivity contribution < 1.29 is 9.21 Å². The first-order valence-corrected chi connectivity index (χ1v) is 7.92. The second-order valence-corrected chi connectivity index (χ2v) is 6.58. The average Bonchev–Trinajstić information content (AvgIpc) is 3.20. The van der Waals surface area contributed by atoms with Crippen LogP contribution in [-0.2, 0) is 6.54 Å². The van der Waals surface area contributed by atoms with Gasteiger partial charge in [-0.1, -0.05) is 11.6 Å². The van der Waals surface area contributed by atoms with Crippen LogP contribution in [0.2, 0.25) is 4.34 Å². The number of furan rings is 1. The summed E-state index contributed by atoms with van der Waals surface area (Å²) in [7, 11) is 0. The number of hydrogen-bond donors (Lipinski definition) is 1. The molecule has 3 heterocycles. The summed E-state index contributed by atoms with van der Waals surface area (Å²) in [6.07, 6.45) is 5.24. The molecular weight excluding hydrogens is 322 g/mol. The molecular formula is C15H14ClN3O2S. The molecule has 0 aliphatic carbocycles. The maximum Gasteiger partial charge on any atom is 0.287 e. The van der Waals surface area contributed by atoms with Crippen molar-refractivity contribution in [2.24, 2.45) is 0 Å². The van der Waals surface area contributed by atoms with Crippen molar-refractivity contribution in [3.8, 4) is 0 Å². The van der Waals surface area contributed by atoms with Gasteiger partial charge in [0.05, 0.1) is 23.3 Å². The second kappa shape index (κ2) is 6.37. The lowest BCUT2D eigenvalue weighted by molar-refractivity contribution is 0.0910. The number of hydrogen-bond acceptors (Lipinski definition) is 4. The lowest BCUT2D eigenvalue weighted by atomic mass is 10.2. The topological polar surface area (TPSA) is 60.1 Å². The van der Waals surface area contributed by atoms with E-state index in [0.717, 1.165) is 4.88 Å². The summed E-state index contributed by atoms with van der Waals surface area (Å²) in [5.74, 6) is 0.758. The molecule has 0 aromatic carbocycles. The van der Waals surface area contributed by atoms with E-state index in [2.05, 4.69) is 10.3 Å². The Labute approximate surface area is 136 Å². The molecule has 1 amide bonds. The van der Waals surface area contributed by atoms with Gasteiger partial charge in [0.2, 0.25) is 0 Å². The van der Waals surface area contributed by atoms with Gasteiger partial charge in [0, 0.05) is 17.3 Å². The predicted octanol–water partition coefficient (Wildman–Crippen LogP) is 3.73. The molecule has 0 saturated carbocycles. The SMILES string of the molecule is C[C@H](NC(=O)c1ccc(Cn2ccnc2)o1)c1ccc(Cl)s1. The number of carbonyl (C=O) groups is 1. The third-order valence-corrected chi connectivity index (χ3v) is 4.57. The van der Waals surface area contributed by atoms with Crippen molar-refractivity contribution in [2.45, 2.75) is 19.5 Å². The van der Waals surface area contributed by atoms with E-state index in [9.17, 15) is 4.79 Å². The van der Waals surface area contributed by atoms with Gasteiger partial charge in [0.15, 0.2) is 5.76 Å². The van der Waals surface area contributed by atoms with Crippen LogP contribution >= 0.6 is 22.9 Å². The largest absolute Gasteiger partial charge is 0.454 e. The quantitative estimate of drug-likeness (QED) is 0.772. The van der Waals surface area contributed by atoms with Crippen molar-refractivity contribution in [3.63, 3.8) is 0 Å². The molecule has 0 aliphatic heterocycles. The summed E-state index contributed by atoms with van der Waals surface area (Å²) in [5, 5.41) is 2.90. The number of rotatable bonds is 5. The molecule has 5 nitrogen and oxygen atoms in total. The van der Waals surface area contributed by atoms with E-state index in [0.29, 0.717) is 22.4 Å². The Balaban J connectivity index is 1.64. The van der Waals surface area contributed by atoms with E-state index in [1.54, 1.807) is 24.7 Å². The monoisotopic (exact) mass is 335 g/mol. The minimum atomic E-state index is -0.242. The molecule has 0 aliphatic rings. The fraction of sp³-hybridized carbons (Fsp3) is 0.200. The fourth-order valence-electron chi connectivity index (χ4n) is 2.05. The van der Waals surface area contributed by atoms with Gasteiger partial charge < -0.3 is 14.3 Å². The lowest BCUT2D eigenvalue weighted by Gasteiger charge is -2.10. The molecule has 1 N–H and O–H groups in total. The lowest BCUT2D eigenvalue weighted by Crippen LogP contribution is -2.25. The Bertz CT molecular complexity index is 763. The van der Waals surface area contributed by atoms with Gasteiger partial charge in [-0.05, 0) is 31.2 Å². The summed E-state index contributed by atoms with van der Waals surface area (Å²) < 4.78 is 8.15. The zero-order valence-electron chi connectivity index (χ0n) is 11.8. The van der Waals surface area contributed by atoms with Crippen LogP contribution in [0.4, 0.5) is 0 Å². The molecule has 0 radical (unpaired) electrons. The number of imidazole rings is 1. The highest BCUT2D eigenvalue weighted by atomic mass is 35.5. The Hall–Kier alpha value is -2.05. The summed E-state index contributed by atoms with van der Waals surface area (Å²) in [5.41, 5.74) is 0. The molecule has 7 heteroatoms. The smallest absolute Gasteiger partial charge is 0.287 e. The first-order chi connectivity index (χ1) is 10.6. The van der Waals surface area contributed by atoms with Crippen LogP contribution in [0, 0.1) is 0 Å². The van der Waals surface area contributed by atoms with E-state index < -0.39 is 0 Å². The van der Waals surface area contributed by atoms with Crippen molar-refractivity contribution in [1.29, 1.82) is 0 Å². The van der Waals surface area contributed by atoms with Crippen LogP contribution in [0.15, 0.2) is 47.4 Å². The van der Waals surface area contributed by atoms with Gasteiger partial charge in [0.1, 0.15) is 5.76 Å². The van der Waals surface area contributed by atoms with E-state index >= 15 is 0 Å². The minimum absolute atomic E-state index is 0.118. The van der Waals surface area contributed by atoms with E-state index in [-0.39, 0.29) is 11.9 Å². The van der Waals surface area contributed by atoms with E-state index in [1.165, 1.54) is 11.3 Å². The molecule has 1 atom stereocenters. The second-order valence-electron chi connectivity index (χ2n) is 4.84. The van der Waals surface area contributed by atoms with Crippen LogP contribution in [0.25, 0.3) is 0 Å². The zero-order valence-corrected chi connectivity index (χ0v) is 13.4. The number of nitrogens with one attached hydrogen (secondary N) is 1. The highest BCUT2D eigenvalue weighted by Gasteiger charge is 2.16. The van der Waals surface area contributed by atoms with Crippen LogP contribution in [-0.4, -0.2) is 15.5 Å². The van der Waals surface area contributed by atoms with Crippen molar-refractivity contribution >= 4 is 28.8 Å². The Kier molecular flexibility index (Phi) is 4.31. The highest BCUT2D eigenvalue weighted by Crippen LogP contribution is 2.26. The van der Waals surface area contributed by atoms with Gasteiger partial charge >= 0.3 is 0 Å². The maximum absolute atomic E-state index is 12.2. The summed E-state index contributed by atoms with van der Waals surface area (Å²) in [6.45, 7) is 2.46. The predicted molar refractivity (Wildman–Crippen MR) is 85.2 cm³/mol. The molecule has 0 fully saturated rings. The third kappa shape index (κ3) is 3.40. The zero-order chi connectivity index (χ0) is 15.5. The maximum atomic E-state index is 12.2. The Morgan fingerprint density at radius 2 is 2.32 bits per heavy atom. The summed E-state index contributed by atoms with van der Waals surface area (Å²) in [6, 6.07) is 7.08. The van der Waals surface area contributed by atoms with Gasteiger partial charge in [-0.25, -0.2) is 4.98 Å². The third-order valence-electron chi connectivity index (χ3n) is 3.15. The number of thiophene rings is 1. The molecule has 0 unspecified atom stereocenters. The van der Waals surface area contributed by atoms with Gasteiger partial charge in [-0.3, -0.25) is 4.79 Å². The molecule has 3 aromatic rings. The van der Waals surface area contributed by atoms with Gasteiger partial charge in [0.25, 0.3) is 5.91 Å². The van der Waals surface area contributed by atoms with Crippen molar-refractivity contribution in [1.82, 2.24) is 14.9 Å². The molecule has 0 saturated heterocycles. The molecule has 3 rings (SSSR count). The number of halogens is 1. The van der Waals surface area contributed by atoms with Crippen LogP contribution in [0.3, 0.4) is 0 Å². The normalized spacial score (nSPS) is 12.3. The number of aromatic nitrogens is 2. The van der Waals surface area contributed by atoms with Gasteiger partial charge in [-0.15, -0.1) is 11.3 Å². The minimum Gasteiger partial charge on any atom is -0.454 e. The van der Waals surface area contributed by atoms with Crippen LogP contribution < -0.4 is 5.32 Å². The first kappa shape index (κ1) is 14.9.